The van der Waals surface area contributed by atoms with Crippen LogP contribution in [-0.2, 0) is 14.3 Å². The Morgan fingerprint density at radius 2 is 2.00 bits per heavy atom. The average molecular weight is 393 g/mol. The monoisotopic (exact) mass is 392 g/mol. The van der Waals surface area contributed by atoms with Crippen molar-refractivity contribution in [2.45, 2.75) is 6.10 Å². The maximum Gasteiger partial charge on any atom is 0.351 e. The highest BCUT2D eigenvalue weighted by Gasteiger charge is 2.29. The summed E-state index contributed by atoms with van der Waals surface area (Å²) in [6.45, 7) is -0.694. The number of benzene rings is 2. The number of esters is 1. The predicted octanol–water partition coefficient (Wildman–Crippen LogP) is 2.57. The fourth-order valence-corrected chi connectivity index (χ4v) is 2.48. The quantitative estimate of drug-likeness (QED) is 0.472. The van der Waals surface area contributed by atoms with Crippen LogP contribution in [0.4, 0.5) is 11.4 Å². The van der Waals surface area contributed by atoms with Gasteiger partial charge in [0.25, 0.3) is 11.6 Å². The minimum atomic E-state index is -1.02. The number of fused-ring (bicyclic) bond motifs is 1. The molecular weight excluding hydrogens is 380 g/mol. The van der Waals surface area contributed by atoms with Crippen molar-refractivity contribution in [3.63, 3.8) is 0 Å². The van der Waals surface area contributed by atoms with E-state index in [4.69, 9.17) is 25.8 Å². The zero-order valence-corrected chi connectivity index (χ0v) is 14.5. The molecule has 1 aliphatic heterocycles. The summed E-state index contributed by atoms with van der Waals surface area (Å²) in [7, 11) is 0. The fourth-order valence-electron chi connectivity index (χ4n) is 2.31. The molecule has 3 rings (SSSR count). The van der Waals surface area contributed by atoms with Gasteiger partial charge in [0.2, 0.25) is 6.10 Å². The Morgan fingerprint density at radius 1 is 1.26 bits per heavy atom. The Hall–Kier alpha value is -3.33. The van der Waals surface area contributed by atoms with Crippen LogP contribution in [0, 0.1) is 10.1 Å². The second-order valence-electron chi connectivity index (χ2n) is 5.44. The van der Waals surface area contributed by atoms with Crippen LogP contribution in [0.2, 0.25) is 5.02 Å². The number of hydrogen-bond acceptors (Lipinski definition) is 7. The first-order chi connectivity index (χ1) is 12.9. The minimum Gasteiger partial charge on any atom is -0.485 e. The van der Waals surface area contributed by atoms with Gasteiger partial charge in [0, 0.05) is 11.1 Å². The van der Waals surface area contributed by atoms with Crippen LogP contribution in [0.3, 0.4) is 0 Å². The molecule has 1 atom stereocenters. The van der Waals surface area contributed by atoms with Gasteiger partial charge in [-0.05, 0) is 24.3 Å². The summed E-state index contributed by atoms with van der Waals surface area (Å²) in [5.74, 6) is -0.627. The highest BCUT2D eigenvalue weighted by Crippen LogP contribution is 2.31. The third kappa shape index (κ3) is 4.45. The molecule has 1 heterocycles. The van der Waals surface area contributed by atoms with Crippen LogP contribution in [0.1, 0.15) is 0 Å². The molecule has 9 nitrogen and oxygen atoms in total. The molecule has 140 valence electrons. The molecule has 2 aromatic rings. The summed E-state index contributed by atoms with van der Waals surface area (Å²) >= 11 is 5.71. The van der Waals surface area contributed by atoms with Crippen molar-refractivity contribution in [1.82, 2.24) is 0 Å². The molecule has 0 saturated heterocycles. The van der Waals surface area contributed by atoms with Gasteiger partial charge in [-0.2, -0.15) is 0 Å². The number of nitrogens with zero attached hydrogens (tertiary/aromatic N) is 1. The Labute approximate surface area is 157 Å². The van der Waals surface area contributed by atoms with Gasteiger partial charge in [-0.3, -0.25) is 14.9 Å². The maximum atomic E-state index is 12.1. The largest absolute Gasteiger partial charge is 0.485 e. The van der Waals surface area contributed by atoms with Crippen LogP contribution >= 0.6 is 11.6 Å². The van der Waals surface area contributed by atoms with E-state index in [0.29, 0.717) is 11.5 Å². The second-order valence-corrected chi connectivity index (χ2v) is 5.88. The molecule has 0 spiro atoms. The number of nitro groups is 1. The van der Waals surface area contributed by atoms with Crippen molar-refractivity contribution < 1.29 is 28.7 Å². The molecule has 0 fully saturated rings. The molecule has 0 bridgehead atoms. The van der Waals surface area contributed by atoms with Crippen molar-refractivity contribution in [3.8, 4) is 11.5 Å². The van der Waals surface area contributed by atoms with E-state index >= 15 is 0 Å². The van der Waals surface area contributed by atoms with Crippen molar-refractivity contribution in [1.29, 1.82) is 0 Å². The fraction of sp³-hybridized carbons (Fsp3) is 0.176. The first-order valence-corrected chi connectivity index (χ1v) is 8.11. The van der Waals surface area contributed by atoms with Crippen molar-refractivity contribution >= 4 is 34.9 Å². The SMILES string of the molecule is O=C(COC(=O)C1COc2ccccc2O1)Nc1ccc(Cl)cc1[N+](=O)[O-]. The van der Waals surface area contributed by atoms with Gasteiger partial charge in [0.15, 0.2) is 18.1 Å². The first-order valence-electron chi connectivity index (χ1n) is 7.73. The summed E-state index contributed by atoms with van der Waals surface area (Å²) in [6.07, 6.45) is -1.02. The van der Waals surface area contributed by atoms with E-state index in [1.54, 1.807) is 24.3 Å². The minimum absolute atomic E-state index is 0.0554. The van der Waals surface area contributed by atoms with Gasteiger partial charge in [-0.1, -0.05) is 23.7 Å². The molecule has 2 aromatic carbocycles. The van der Waals surface area contributed by atoms with E-state index in [9.17, 15) is 19.7 Å². The van der Waals surface area contributed by atoms with Crippen LogP contribution in [0.15, 0.2) is 42.5 Å². The number of anilines is 1. The number of halogens is 1. The van der Waals surface area contributed by atoms with E-state index in [-0.39, 0.29) is 23.0 Å². The number of nitro benzene ring substituents is 1. The molecule has 0 aliphatic carbocycles. The van der Waals surface area contributed by atoms with Crippen LogP contribution in [-0.4, -0.2) is 36.1 Å². The normalized spacial score (nSPS) is 14.9. The number of nitrogens with one attached hydrogen (secondary N) is 1. The molecule has 1 unspecified atom stereocenters. The summed E-state index contributed by atoms with van der Waals surface area (Å²) in [4.78, 5) is 34.3. The lowest BCUT2D eigenvalue weighted by atomic mass is 10.2. The maximum absolute atomic E-state index is 12.1. The topological polar surface area (TPSA) is 117 Å². The molecule has 10 heteroatoms. The zero-order valence-electron chi connectivity index (χ0n) is 13.7. The number of carbonyl (C=O) groups excluding carboxylic acids is 2. The third-order valence-corrected chi connectivity index (χ3v) is 3.78. The van der Waals surface area contributed by atoms with Gasteiger partial charge in [0.1, 0.15) is 12.3 Å². The van der Waals surface area contributed by atoms with E-state index < -0.39 is 29.5 Å². The Morgan fingerprint density at radius 3 is 2.74 bits per heavy atom. The zero-order chi connectivity index (χ0) is 19.4. The summed E-state index contributed by atoms with van der Waals surface area (Å²) in [5, 5.41) is 13.5. The van der Waals surface area contributed by atoms with Crippen LogP contribution in [0.25, 0.3) is 0 Å². The average Bonchev–Trinajstić information content (AvgIpc) is 2.67. The molecule has 0 radical (unpaired) electrons. The summed E-state index contributed by atoms with van der Waals surface area (Å²) < 4.78 is 15.8. The van der Waals surface area contributed by atoms with Gasteiger partial charge >= 0.3 is 5.97 Å². The number of rotatable bonds is 5. The lowest BCUT2D eigenvalue weighted by Gasteiger charge is -2.24. The van der Waals surface area contributed by atoms with E-state index in [1.165, 1.54) is 12.1 Å². The molecule has 0 aromatic heterocycles. The molecule has 0 saturated carbocycles. The lowest BCUT2D eigenvalue weighted by Crippen LogP contribution is -2.39. The van der Waals surface area contributed by atoms with Crippen molar-refractivity contribution in [2.24, 2.45) is 0 Å². The first kappa shape index (κ1) is 18.5. The van der Waals surface area contributed by atoms with Gasteiger partial charge in [-0.25, -0.2) is 4.79 Å². The number of carbonyl (C=O) groups is 2. The highest BCUT2D eigenvalue weighted by molar-refractivity contribution is 6.31. The number of amides is 1. The van der Waals surface area contributed by atoms with Crippen molar-refractivity contribution in [3.05, 3.63) is 57.6 Å². The number of ether oxygens (including phenoxy) is 3. The van der Waals surface area contributed by atoms with E-state index in [0.717, 1.165) is 6.07 Å². The van der Waals surface area contributed by atoms with E-state index in [2.05, 4.69) is 5.32 Å². The van der Waals surface area contributed by atoms with Crippen molar-refractivity contribution in [2.75, 3.05) is 18.5 Å². The molecule has 27 heavy (non-hydrogen) atoms. The van der Waals surface area contributed by atoms with Crippen LogP contribution in [0.5, 0.6) is 11.5 Å². The smallest absolute Gasteiger partial charge is 0.351 e. The predicted molar refractivity (Wildman–Crippen MR) is 94.0 cm³/mol. The van der Waals surface area contributed by atoms with Gasteiger partial charge in [0.05, 0.1) is 4.92 Å². The Bertz CT molecular complexity index is 903. The number of para-hydroxylation sites is 2. The molecule has 1 N–H and O–H groups in total. The lowest BCUT2D eigenvalue weighted by molar-refractivity contribution is -0.383. The second kappa shape index (κ2) is 7.92. The van der Waals surface area contributed by atoms with Crippen LogP contribution < -0.4 is 14.8 Å². The summed E-state index contributed by atoms with van der Waals surface area (Å²) in [5.41, 5.74) is -0.431. The Kier molecular flexibility index (Phi) is 5.41. The van der Waals surface area contributed by atoms with Gasteiger partial charge < -0.3 is 19.5 Å². The highest BCUT2D eigenvalue weighted by atomic mass is 35.5. The molecule has 1 amide bonds. The van der Waals surface area contributed by atoms with E-state index in [1.807, 2.05) is 0 Å². The standard InChI is InChI=1S/C17H13ClN2O7/c18-10-5-6-11(12(7-10)20(23)24)19-16(21)9-26-17(22)15-8-25-13-3-1-2-4-14(13)27-15/h1-7,15H,8-9H2,(H,19,21). The molecule has 1 aliphatic rings. The molecular formula is C17H13ClN2O7. The summed E-state index contributed by atoms with van der Waals surface area (Å²) in [6, 6.07) is 10.6. The van der Waals surface area contributed by atoms with Gasteiger partial charge in [-0.15, -0.1) is 0 Å². The Balaban J connectivity index is 1.56. The third-order valence-electron chi connectivity index (χ3n) is 3.55. The number of hydrogen-bond donors (Lipinski definition) is 1.